The molecule has 1 aliphatic rings. The van der Waals surface area contributed by atoms with Crippen LogP contribution in [0.4, 0.5) is 5.13 Å². The van der Waals surface area contributed by atoms with Crippen molar-refractivity contribution in [2.45, 2.75) is 6.04 Å². The Labute approximate surface area is 145 Å². The molecule has 1 aliphatic heterocycles. The lowest BCUT2D eigenvalue weighted by molar-refractivity contribution is -0.117. The molecule has 4 rings (SSSR count). The second kappa shape index (κ2) is 5.99. The molecule has 3 heterocycles. The topological polar surface area (TPSA) is 96.5 Å². The molecule has 8 heteroatoms. The van der Waals surface area contributed by atoms with Gasteiger partial charge in [0.1, 0.15) is 5.51 Å². The highest BCUT2D eigenvalue weighted by Gasteiger charge is 2.46. The molecule has 1 atom stereocenters. The van der Waals surface area contributed by atoms with Crippen LogP contribution in [0.25, 0.3) is 0 Å². The first-order valence-electron chi connectivity index (χ1n) is 7.34. The minimum Gasteiger partial charge on any atom is -0.503 e. The zero-order valence-corrected chi connectivity index (χ0v) is 13.5. The number of ketones is 1. The lowest BCUT2D eigenvalue weighted by atomic mass is 9.95. The average molecular weight is 353 g/mol. The van der Waals surface area contributed by atoms with E-state index < -0.39 is 23.5 Å². The fraction of sp³-hybridized carbons (Fsp3) is 0.0588. The number of anilines is 1. The Balaban J connectivity index is 1.88. The number of carbonyl (C=O) groups is 2. The van der Waals surface area contributed by atoms with Gasteiger partial charge in [-0.3, -0.25) is 14.5 Å². The van der Waals surface area contributed by atoms with Gasteiger partial charge >= 0.3 is 0 Å². The molecular formula is C17H11N3O4S. The smallest absolute Gasteiger partial charge is 0.296 e. The predicted octanol–water partition coefficient (Wildman–Crippen LogP) is 2.91. The molecule has 1 amide bonds. The number of aliphatic hydroxyl groups is 1. The van der Waals surface area contributed by atoms with Gasteiger partial charge in [-0.1, -0.05) is 41.7 Å². The van der Waals surface area contributed by atoms with Gasteiger partial charge in [0, 0.05) is 0 Å². The second-order valence-electron chi connectivity index (χ2n) is 5.28. The minimum atomic E-state index is -0.806. The summed E-state index contributed by atoms with van der Waals surface area (Å²) >= 11 is 1.15. The van der Waals surface area contributed by atoms with E-state index >= 15 is 0 Å². The molecule has 0 fully saturated rings. The summed E-state index contributed by atoms with van der Waals surface area (Å²) in [6.07, 6.45) is 1.36. The lowest BCUT2D eigenvalue weighted by Crippen LogP contribution is -2.31. The Kier molecular flexibility index (Phi) is 3.66. The summed E-state index contributed by atoms with van der Waals surface area (Å²) in [6.45, 7) is 0. The SMILES string of the molecule is O=C(C1=C(O)C(=O)N(c2nncs2)C1c1ccccc1)c1ccco1. The zero-order chi connectivity index (χ0) is 17.4. The van der Waals surface area contributed by atoms with Crippen LogP contribution in [-0.4, -0.2) is 27.0 Å². The molecule has 25 heavy (non-hydrogen) atoms. The van der Waals surface area contributed by atoms with Crippen molar-refractivity contribution in [2.24, 2.45) is 0 Å². The fourth-order valence-corrected chi connectivity index (χ4v) is 3.38. The van der Waals surface area contributed by atoms with E-state index in [0.717, 1.165) is 11.3 Å². The van der Waals surface area contributed by atoms with E-state index in [9.17, 15) is 14.7 Å². The molecule has 0 bridgehead atoms. The van der Waals surface area contributed by atoms with Gasteiger partial charge in [-0.15, -0.1) is 10.2 Å². The molecule has 2 aromatic heterocycles. The highest BCUT2D eigenvalue weighted by molar-refractivity contribution is 7.13. The van der Waals surface area contributed by atoms with Gasteiger partial charge in [-0.25, -0.2) is 0 Å². The van der Waals surface area contributed by atoms with Gasteiger partial charge in [0.25, 0.3) is 5.91 Å². The Morgan fingerprint density at radius 1 is 1.20 bits per heavy atom. The van der Waals surface area contributed by atoms with Gasteiger partial charge in [-0.2, -0.15) is 0 Å². The van der Waals surface area contributed by atoms with E-state index in [1.807, 2.05) is 6.07 Å². The number of carbonyl (C=O) groups excluding carboxylic acids is 2. The van der Waals surface area contributed by atoms with Gasteiger partial charge in [-0.05, 0) is 17.7 Å². The van der Waals surface area contributed by atoms with Crippen LogP contribution in [0.1, 0.15) is 22.2 Å². The first-order chi connectivity index (χ1) is 12.2. The number of furan rings is 1. The Morgan fingerprint density at radius 3 is 2.64 bits per heavy atom. The normalized spacial score (nSPS) is 17.4. The van der Waals surface area contributed by atoms with Crippen molar-refractivity contribution < 1.29 is 19.1 Å². The summed E-state index contributed by atoms with van der Waals surface area (Å²) in [5, 5.41) is 18.4. The molecule has 3 aromatic rings. The van der Waals surface area contributed by atoms with Gasteiger partial charge in [0.2, 0.25) is 10.9 Å². The number of amides is 1. The summed E-state index contributed by atoms with van der Waals surface area (Å²) in [7, 11) is 0. The van der Waals surface area contributed by atoms with E-state index in [0.29, 0.717) is 10.7 Å². The maximum Gasteiger partial charge on any atom is 0.296 e. The summed E-state index contributed by atoms with van der Waals surface area (Å²) < 4.78 is 5.15. The summed E-state index contributed by atoms with van der Waals surface area (Å²) in [5.74, 6) is -1.79. The molecule has 0 aliphatic carbocycles. The first-order valence-corrected chi connectivity index (χ1v) is 8.22. The largest absolute Gasteiger partial charge is 0.503 e. The number of hydrogen-bond donors (Lipinski definition) is 1. The van der Waals surface area contributed by atoms with Crippen molar-refractivity contribution >= 4 is 28.2 Å². The van der Waals surface area contributed by atoms with Crippen molar-refractivity contribution in [1.82, 2.24) is 10.2 Å². The standard InChI is InChI=1S/C17H11N3O4S/c21-14(11-7-4-8-24-11)12-13(10-5-2-1-3-6-10)20(16(23)15(12)22)17-19-18-9-25-17/h1-9,13,22H. The monoisotopic (exact) mass is 353 g/mol. The Bertz CT molecular complexity index is 949. The Morgan fingerprint density at radius 2 is 2.00 bits per heavy atom. The minimum absolute atomic E-state index is 0.0404. The van der Waals surface area contributed by atoms with Crippen molar-refractivity contribution in [3.05, 3.63) is 76.9 Å². The van der Waals surface area contributed by atoms with E-state index in [1.165, 1.54) is 22.7 Å². The number of aromatic nitrogens is 2. The van der Waals surface area contributed by atoms with Crippen LogP contribution < -0.4 is 4.90 Å². The zero-order valence-electron chi connectivity index (χ0n) is 12.7. The van der Waals surface area contributed by atoms with Crippen LogP contribution >= 0.6 is 11.3 Å². The molecule has 0 saturated carbocycles. The molecule has 1 aromatic carbocycles. The molecule has 1 unspecified atom stereocenters. The third-order valence-electron chi connectivity index (χ3n) is 3.87. The fourth-order valence-electron chi connectivity index (χ4n) is 2.80. The molecule has 7 nitrogen and oxygen atoms in total. The highest BCUT2D eigenvalue weighted by atomic mass is 32.1. The van der Waals surface area contributed by atoms with Crippen LogP contribution in [0.5, 0.6) is 0 Å². The third kappa shape index (κ3) is 2.43. The molecular weight excluding hydrogens is 342 g/mol. The number of aliphatic hydroxyl groups excluding tert-OH is 1. The summed E-state index contributed by atoms with van der Waals surface area (Å²) in [4.78, 5) is 26.8. The molecule has 0 radical (unpaired) electrons. The third-order valence-corrected chi connectivity index (χ3v) is 4.56. The molecule has 0 spiro atoms. The predicted molar refractivity (Wildman–Crippen MR) is 89.3 cm³/mol. The molecule has 0 saturated heterocycles. The van der Waals surface area contributed by atoms with Crippen LogP contribution in [0.15, 0.2) is 70.0 Å². The van der Waals surface area contributed by atoms with E-state index in [-0.39, 0.29) is 11.3 Å². The second-order valence-corrected chi connectivity index (χ2v) is 6.09. The van der Waals surface area contributed by atoms with Crippen LogP contribution in [0.2, 0.25) is 0 Å². The molecule has 124 valence electrons. The van der Waals surface area contributed by atoms with E-state index in [1.54, 1.807) is 30.3 Å². The number of hydrogen-bond acceptors (Lipinski definition) is 7. The van der Waals surface area contributed by atoms with E-state index in [2.05, 4.69) is 10.2 Å². The number of benzene rings is 1. The van der Waals surface area contributed by atoms with Gasteiger partial charge in [0.15, 0.2) is 11.5 Å². The van der Waals surface area contributed by atoms with Crippen molar-refractivity contribution in [3.63, 3.8) is 0 Å². The van der Waals surface area contributed by atoms with Crippen LogP contribution in [-0.2, 0) is 4.79 Å². The number of nitrogens with zero attached hydrogens (tertiary/aromatic N) is 3. The van der Waals surface area contributed by atoms with Crippen molar-refractivity contribution in [2.75, 3.05) is 4.90 Å². The number of Topliss-reactive ketones (excluding diaryl/α,β-unsaturated/α-hetero) is 1. The highest BCUT2D eigenvalue weighted by Crippen LogP contribution is 2.42. The van der Waals surface area contributed by atoms with Crippen molar-refractivity contribution in [1.29, 1.82) is 0 Å². The first kappa shape index (κ1) is 15.3. The van der Waals surface area contributed by atoms with Crippen LogP contribution in [0.3, 0.4) is 0 Å². The molecule has 1 N–H and O–H groups in total. The summed E-state index contributed by atoms with van der Waals surface area (Å²) in [6, 6.07) is 11.2. The van der Waals surface area contributed by atoms with Gasteiger partial charge < -0.3 is 9.52 Å². The lowest BCUT2D eigenvalue weighted by Gasteiger charge is -2.23. The number of rotatable bonds is 4. The Hall–Kier alpha value is -3.26. The average Bonchev–Trinajstić information content (AvgIpc) is 3.37. The van der Waals surface area contributed by atoms with Crippen molar-refractivity contribution in [3.8, 4) is 0 Å². The quantitative estimate of drug-likeness (QED) is 0.725. The maximum absolute atomic E-state index is 12.8. The van der Waals surface area contributed by atoms with Crippen LogP contribution in [0, 0.1) is 0 Å². The van der Waals surface area contributed by atoms with Gasteiger partial charge in [0.05, 0.1) is 17.9 Å². The van der Waals surface area contributed by atoms with E-state index in [4.69, 9.17) is 4.42 Å². The maximum atomic E-state index is 12.8. The summed E-state index contributed by atoms with van der Waals surface area (Å²) in [5.41, 5.74) is 2.11.